The number of rotatable bonds is 2. The van der Waals surface area contributed by atoms with E-state index >= 15 is 0 Å². The van der Waals surface area contributed by atoms with Crippen LogP contribution in [-0.2, 0) is 22.4 Å². The number of carboxylic acid groups (broad SMARTS) is 1. The van der Waals surface area contributed by atoms with Gasteiger partial charge in [-0.25, -0.2) is 0 Å². The summed E-state index contributed by atoms with van der Waals surface area (Å²) in [6, 6.07) is 1.97. The van der Waals surface area contributed by atoms with Crippen LogP contribution in [0.4, 0.5) is 0 Å². The molecule has 2 aliphatic heterocycles. The van der Waals surface area contributed by atoms with Gasteiger partial charge in [-0.2, -0.15) is 0 Å². The van der Waals surface area contributed by atoms with Crippen molar-refractivity contribution in [2.75, 3.05) is 0 Å². The Morgan fingerprint density at radius 2 is 2.29 bits per heavy atom. The normalized spacial score (nSPS) is 24.3. The smallest absolute Gasteiger partial charge is 0.543 e. The van der Waals surface area contributed by atoms with Gasteiger partial charge in [-0.3, -0.25) is 9.69 Å². The molecule has 1 unspecified atom stereocenters. The molecule has 4 rings (SSSR count). The average Bonchev–Trinajstić information content (AvgIpc) is 3.07. The third-order valence-electron chi connectivity index (χ3n) is 3.81. The van der Waals surface area contributed by atoms with Crippen LogP contribution in [0.2, 0.25) is 0 Å². The molecule has 1 aliphatic carbocycles. The summed E-state index contributed by atoms with van der Waals surface area (Å²) in [7, 11) is 0. The first-order valence-electron chi connectivity index (χ1n) is 6.39. The maximum absolute atomic E-state index is 12.0. The van der Waals surface area contributed by atoms with Gasteiger partial charge in [-0.15, -0.1) is 11.8 Å². The summed E-state index contributed by atoms with van der Waals surface area (Å²) in [6.07, 6.45) is 4.82. The van der Waals surface area contributed by atoms with E-state index in [9.17, 15) is 14.7 Å². The molecule has 102 valence electrons. The molecule has 3 aliphatic rings. The Morgan fingerprint density at radius 3 is 3.00 bits per heavy atom. The molecule has 1 amide bonds. The molecule has 1 atom stereocenters. The van der Waals surface area contributed by atoms with Crippen molar-refractivity contribution in [1.29, 1.82) is 0 Å². The van der Waals surface area contributed by atoms with E-state index in [4.69, 9.17) is 4.42 Å². The predicted octanol–water partition coefficient (Wildman–Crippen LogP) is -2.34. The Balaban J connectivity index is 0.00000132. The van der Waals surface area contributed by atoms with Gasteiger partial charge in [0.25, 0.3) is 5.91 Å². The molecule has 3 heterocycles. The first-order valence-corrected chi connectivity index (χ1v) is 7.33. The van der Waals surface area contributed by atoms with Gasteiger partial charge in [0.1, 0.15) is 16.9 Å². The summed E-state index contributed by atoms with van der Waals surface area (Å²) >= 11 is 1.30. The first-order chi connectivity index (χ1) is 9.65. The molecule has 0 saturated carbocycles. The van der Waals surface area contributed by atoms with Crippen LogP contribution < -0.4 is 34.7 Å². The molecule has 1 aromatic heterocycles. The number of aliphatic carboxylic acids is 1. The van der Waals surface area contributed by atoms with Crippen LogP contribution in [-0.4, -0.2) is 22.2 Å². The minimum absolute atomic E-state index is 0. The Kier molecular flexibility index (Phi) is 3.81. The van der Waals surface area contributed by atoms with Gasteiger partial charge < -0.3 is 14.3 Å². The van der Waals surface area contributed by atoms with Crippen molar-refractivity contribution in [3.8, 4) is 0 Å². The Hall–Kier alpha value is -0.950. The van der Waals surface area contributed by atoms with Crippen molar-refractivity contribution >= 4 is 29.7 Å². The van der Waals surface area contributed by atoms with E-state index in [-0.39, 0.29) is 46.5 Å². The second-order valence-corrected chi connectivity index (χ2v) is 5.96. The number of hydrogen-bond acceptors (Lipinski definition) is 5. The van der Waals surface area contributed by atoms with Gasteiger partial charge in [0.2, 0.25) is 0 Å². The van der Waals surface area contributed by atoms with Crippen LogP contribution in [0.5, 0.6) is 0 Å². The number of carbonyl (C=O) groups is 2. The molecule has 0 bridgehead atoms. The van der Waals surface area contributed by atoms with E-state index in [2.05, 4.69) is 0 Å². The Labute approximate surface area is 147 Å². The van der Waals surface area contributed by atoms with Gasteiger partial charge in [-0.05, 0) is 36.0 Å². The molecule has 1 fully saturated rings. The van der Waals surface area contributed by atoms with E-state index in [0.717, 1.165) is 25.0 Å². The number of fused-ring (bicyclic) bond motifs is 2. The number of hydrogen-bond donors (Lipinski definition) is 0. The second kappa shape index (κ2) is 5.35. The second-order valence-electron chi connectivity index (χ2n) is 5.00. The molecule has 0 radical (unpaired) electrons. The maximum Gasteiger partial charge on any atom is 1.00 e. The summed E-state index contributed by atoms with van der Waals surface area (Å²) in [6.45, 7) is 0. The number of furan rings is 1. The van der Waals surface area contributed by atoms with Crippen molar-refractivity contribution in [3.05, 3.63) is 39.8 Å². The zero-order valence-corrected chi connectivity index (χ0v) is 14.2. The third-order valence-corrected chi connectivity index (χ3v) is 4.89. The summed E-state index contributed by atoms with van der Waals surface area (Å²) in [4.78, 5) is 24.1. The first kappa shape index (κ1) is 15.0. The summed E-state index contributed by atoms with van der Waals surface area (Å²) in [5.74, 6) is 0.0877. The van der Waals surface area contributed by atoms with Crippen LogP contribution in [0.3, 0.4) is 0 Å². The number of thioether (sulfide) groups is 1. The van der Waals surface area contributed by atoms with Crippen molar-refractivity contribution in [1.82, 2.24) is 4.90 Å². The van der Waals surface area contributed by atoms with E-state index in [1.165, 1.54) is 27.6 Å². The largest absolute Gasteiger partial charge is 1.00 e. The van der Waals surface area contributed by atoms with Gasteiger partial charge in [0, 0.05) is 6.42 Å². The summed E-state index contributed by atoms with van der Waals surface area (Å²) in [5.41, 5.74) is 1.74. The molecular weight excluding hydrogens is 301 g/mol. The van der Waals surface area contributed by atoms with Crippen molar-refractivity contribution < 1.29 is 48.7 Å². The fourth-order valence-corrected chi connectivity index (χ4v) is 3.95. The zero-order chi connectivity index (χ0) is 13.9. The van der Waals surface area contributed by atoms with Gasteiger partial charge in [-0.1, -0.05) is 0 Å². The molecule has 7 heteroatoms. The average molecular weight is 311 g/mol. The van der Waals surface area contributed by atoms with E-state index in [1.807, 2.05) is 6.07 Å². The topological polar surface area (TPSA) is 73.6 Å². The molecule has 0 aromatic carbocycles. The molecular formula is C14H10NNaO4S. The van der Waals surface area contributed by atoms with Gasteiger partial charge in [0.05, 0.1) is 17.2 Å². The molecule has 0 spiro atoms. The van der Waals surface area contributed by atoms with E-state index in [0.29, 0.717) is 11.3 Å². The quantitative estimate of drug-likeness (QED) is 0.348. The SMILES string of the molecule is O=C([O-])C1=CSC2/C(=C/c3cc4c(o3)CCC4)C(=O)N12.[Na+]. The van der Waals surface area contributed by atoms with Crippen LogP contribution in [0.1, 0.15) is 23.5 Å². The summed E-state index contributed by atoms with van der Waals surface area (Å²) < 4.78 is 5.70. The number of carbonyl (C=O) groups excluding carboxylic acids is 2. The number of β-lactam (4-membered cyclic amide) rings is 1. The Bertz CT molecular complexity index is 684. The van der Waals surface area contributed by atoms with E-state index in [1.54, 1.807) is 6.08 Å². The van der Waals surface area contributed by atoms with Crippen LogP contribution in [0, 0.1) is 0 Å². The molecule has 1 saturated heterocycles. The Morgan fingerprint density at radius 1 is 1.48 bits per heavy atom. The monoisotopic (exact) mass is 311 g/mol. The van der Waals surface area contributed by atoms with Crippen LogP contribution >= 0.6 is 11.8 Å². The van der Waals surface area contributed by atoms with Gasteiger partial charge in [0.15, 0.2) is 0 Å². The molecule has 1 aromatic rings. The minimum Gasteiger partial charge on any atom is -0.543 e. The standard InChI is InChI=1S/C14H11NO4S.Na/c16-12-9(13-15(12)10(6-20-13)14(17)18)5-8-4-7-2-1-3-11(7)19-8;/h4-6,13H,1-3H2,(H,17,18);/q;+1/p-1/b9-5+;. The van der Waals surface area contributed by atoms with E-state index < -0.39 is 5.97 Å². The van der Waals surface area contributed by atoms with Crippen molar-refractivity contribution in [2.45, 2.75) is 24.6 Å². The fourth-order valence-electron chi connectivity index (χ4n) is 2.84. The minimum atomic E-state index is -1.32. The fraction of sp³-hybridized carbons (Fsp3) is 0.286. The zero-order valence-electron chi connectivity index (χ0n) is 11.4. The number of nitrogens with zero attached hydrogens (tertiary/aromatic N) is 1. The molecule has 5 nitrogen and oxygen atoms in total. The molecule has 0 N–H and O–H groups in total. The maximum atomic E-state index is 12.0. The third kappa shape index (κ3) is 2.21. The van der Waals surface area contributed by atoms with Crippen LogP contribution in [0.15, 0.2) is 27.2 Å². The predicted molar refractivity (Wildman–Crippen MR) is 70.0 cm³/mol. The molecule has 21 heavy (non-hydrogen) atoms. The number of amides is 1. The van der Waals surface area contributed by atoms with Crippen molar-refractivity contribution in [3.63, 3.8) is 0 Å². The van der Waals surface area contributed by atoms with Crippen LogP contribution in [0.25, 0.3) is 6.08 Å². The van der Waals surface area contributed by atoms with Gasteiger partial charge >= 0.3 is 29.6 Å². The summed E-state index contributed by atoms with van der Waals surface area (Å²) in [5, 5.41) is 12.1. The number of aryl methyl sites for hydroxylation is 2. The van der Waals surface area contributed by atoms with Crippen molar-refractivity contribution in [2.24, 2.45) is 0 Å². The number of carboxylic acids is 1.